The number of rotatable bonds is 7. The van der Waals surface area contributed by atoms with Gasteiger partial charge in [-0.3, -0.25) is 0 Å². The van der Waals surface area contributed by atoms with Crippen LogP contribution in [-0.2, 0) is 16.6 Å². The smallest absolute Gasteiger partial charge is 0.277 e. The molecule has 0 fully saturated rings. The second-order valence-electron chi connectivity index (χ2n) is 7.04. The fraction of sp³-hybridized carbons (Fsp3) is 0.174. The Balaban J connectivity index is 1.68. The van der Waals surface area contributed by atoms with Crippen LogP contribution in [0.2, 0.25) is 5.02 Å². The van der Waals surface area contributed by atoms with Gasteiger partial charge >= 0.3 is 0 Å². The van der Waals surface area contributed by atoms with E-state index in [0.29, 0.717) is 34.1 Å². The molecule has 0 heterocycles. The maximum Gasteiger partial charge on any atom is 0.277 e. The lowest BCUT2D eigenvalue weighted by Crippen LogP contribution is -2.20. The van der Waals surface area contributed by atoms with Crippen LogP contribution in [0.1, 0.15) is 27.8 Å². The van der Waals surface area contributed by atoms with Gasteiger partial charge < -0.3 is 4.74 Å². The first-order valence-electron chi connectivity index (χ1n) is 9.35. The van der Waals surface area contributed by atoms with Crippen molar-refractivity contribution in [3.05, 3.63) is 93.5 Å². The molecule has 0 bridgehead atoms. The largest absolute Gasteiger partial charge is 0.487 e. The lowest BCUT2D eigenvalue weighted by atomic mass is 10.1. The summed E-state index contributed by atoms with van der Waals surface area (Å²) in [5.74, 6) is 0.546. The molecule has 156 valence electrons. The Kier molecular flexibility index (Phi) is 6.80. The molecular weight excluding hydrogens is 420 g/mol. The third-order valence-electron chi connectivity index (χ3n) is 4.45. The Morgan fingerprint density at radius 1 is 1.00 bits per heavy atom. The molecule has 0 amide bonds. The second-order valence-corrected chi connectivity index (χ2v) is 9.05. The highest BCUT2D eigenvalue weighted by molar-refractivity contribution is 7.89. The van der Waals surface area contributed by atoms with Gasteiger partial charge in [0.2, 0.25) is 0 Å². The van der Waals surface area contributed by atoms with Crippen LogP contribution in [0, 0.1) is 20.8 Å². The van der Waals surface area contributed by atoms with Crippen molar-refractivity contribution in [2.24, 2.45) is 5.10 Å². The van der Waals surface area contributed by atoms with Crippen molar-refractivity contribution < 1.29 is 13.2 Å². The fourth-order valence-electron chi connectivity index (χ4n) is 3.26. The van der Waals surface area contributed by atoms with Gasteiger partial charge in [0, 0.05) is 0 Å². The minimum atomic E-state index is -3.77. The zero-order chi connectivity index (χ0) is 21.7. The summed E-state index contributed by atoms with van der Waals surface area (Å²) in [5, 5.41) is 4.32. The molecular formula is C23H23ClN2O3S. The molecule has 0 atom stereocenters. The van der Waals surface area contributed by atoms with Gasteiger partial charge in [-0.05, 0) is 61.2 Å². The van der Waals surface area contributed by atoms with Crippen molar-refractivity contribution in [2.45, 2.75) is 32.3 Å². The van der Waals surface area contributed by atoms with Crippen molar-refractivity contribution in [2.75, 3.05) is 0 Å². The number of nitrogens with one attached hydrogen (secondary N) is 1. The summed E-state index contributed by atoms with van der Waals surface area (Å²) in [6.07, 6.45) is 1.41. The number of halogens is 1. The summed E-state index contributed by atoms with van der Waals surface area (Å²) in [7, 11) is -3.77. The van der Waals surface area contributed by atoms with Gasteiger partial charge in [-0.15, -0.1) is 0 Å². The van der Waals surface area contributed by atoms with Crippen LogP contribution in [0.5, 0.6) is 5.75 Å². The fourth-order valence-corrected chi connectivity index (χ4v) is 4.75. The van der Waals surface area contributed by atoms with Crippen LogP contribution in [0.3, 0.4) is 0 Å². The Morgan fingerprint density at radius 3 is 2.30 bits per heavy atom. The monoisotopic (exact) mass is 442 g/mol. The lowest BCUT2D eigenvalue weighted by Gasteiger charge is -2.11. The molecule has 0 saturated heterocycles. The highest BCUT2D eigenvalue weighted by Crippen LogP contribution is 2.26. The van der Waals surface area contributed by atoms with Crippen LogP contribution in [0.15, 0.2) is 70.7 Å². The topological polar surface area (TPSA) is 67.8 Å². The van der Waals surface area contributed by atoms with E-state index in [1.807, 2.05) is 49.4 Å². The van der Waals surface area contributed by atoms with Gasteiger partial charge in [0.15, 0.2) is 0 Å². The molecule has 0 saturated carbocycles. The standard InChI is InChI=1S/C23H23ClN2O3S/c1-16-11-17(2)23(18(3)12-16)30(27,28)26-25-14-20-9-10-22(21(24)13-20)29-15-19-7-5-4-6-8-19/h4-14,26H,15H2,1-3H3/b25-14+. The first-order chi connectivity index (χ1) is 14.3. The summed E-state index contributed by atoms with van der Waals surface area (Å²) < 4.78 is 31.0. The number of nitrogens with zero attached hydrogens (tertiary/aromatic N) is 1. The lowest BCUT2D eigenvalue weighted by molar-refractivity contribution is 0.306. The maximum atomic E-state index is 12.6. The molecule has 3 aromatic rings. The van der Waals surface area contributed by atoms with Crippen molar-refractivity contribution in [3.8, 4) is 5.75 Å². The van der Waals surface area contributed by atoms with E-state index in [4.69, 9.17) is 16.3 Å². The summed E-state index contributed by atoms with van der Waals surface area (Å²) in [6.45, 7) is 5.88. The number of sulfonamides is 1. The summed E-state index contributed by atoms with van der Waals surface area (Å²) in [4.78, 5) is 2.52. The molecule has 5 nitrogen and oxygen atoms in total. The van der Waals surface area contributed by atoms with Crippen molar-refractivity contribution in [1.29, 1.82) is 0 Å². The molecule has 7 heteroatoms. The highest BCUT2D eigenvalue weighted by Gasteiger charge is 2.19. The molecule has 0 radical (unpaired) electrons. The van der Waals surface area contributed by atoms with Crippen molar-refractivity contribution in [3.63, 3.8) is 0 Å². The minimum Gasteiger partial charge on any atom is -0.487 e. The van der Waals surface area contributed by atoms with Crippen LogP contribution < -0.4 is 9.57 Å². The van der Waals surface area contributed by atoms with Gasteiger partial charge in [-0.25, -0.2) is 4.83 Å². The van der Waals surface area contributed by atoms with Crippen LogP contribution >= 0.6 is 11.6 Å². The number of benzene rings is 3. The number of ether oxygens (including phenoxy) is 1. The average Bonchev–Trinajstić information content (AvgIpc) is 2.67. The molecule has 0 aliphatic carbocycles. The molecule has 0 unspecified atom stereocenters. The van der Waals surface area contributed by atoms with E-state index in [9.17, 15) is 8.42 Å². The Hall–Kier alpha value is -2.83. The van der Waals surface area contributed by atoms with Gasteiger partial charge in [-0.2, -0.15) is 13.5 Å². The third kappa shape index (κ3) is 5.40. The minimum absolute atomic E-state index is 0.243. The zero-order valence-electron chi connectivity index (χ0n) is 17.0. The number of hydrogen-bond acceptors (Lipinski definition) is 4. The van der Waals surface area contributed by atoms with Crippen LogP contribution in [-0.4, -0.2) is 14.6 Å². The molecule has 3 aromatic carbocycles. The summed E-state index contributed by atoms with van der Waals surface area (Å²) in [5.41, 5.74) is 4.05. The molecule has 3 rings (SSSR count). The molecule has 0 aromatic heterocycles. The van der Waals surface area contributed by atoms with E-state index < -0.39 is 10.0 Å². The molecule has 0 spiro atoms. The quantitative estimate of drug-likeness (QED) is 0.406. The Bertz CT molecular complexity index is 1150. The molecule has 0 aliphatic heterocycles. The van der Waals surface area contributed by atoms with E-state index in [-0.39, 0.29) is 4.90 Å². The summed E-state index contributed by atoms with van der Waals surface area (Å²) in [6, 6.07) is 18.6. The van der Waals surface area contributed by atoms with E-state index in [1.165, 1.54) is 6.21 Å². The second kappa shape index (κ2) is 9.32. The maximum absolute atomic E-state index is 12.6. The SMILES string of the molecule is Cc1cc(C)c(S(=O)(=O)N/N=C/c2ccc(OCc3ccccc3)c(Cl)c2)c(C)c1. The van der Waals surface area contributed by atoms with Crippen molar-refractivity contribution in [1.82, 2.24) is 4.83 Å². The molecule has 0 aliphatic rings. The summed E-state index contributed by atoms with van der Waals surface area (Å²) >= 11 is 6.29. The highest BCUT2D eigenvalue weighted by atomic mass is 35.5. The van der Waals surface area contributed by atoms with E-state index in [1.54, 1.807) is 32.0 Å². The van der Waals surface area contributed by atoms with Gasteiger partial charge in [0.25, 0.3) is 10.0 Å². The van der Waals surface area contributed by atoms with Crippen molar-refractivity contribution >= 4 is 27.8 Å². The Labute approximate surface area is 182 Å². The van der Waals surface area contributed by atoms with Gasteiger partial charge in [0.1, 0.15) is 12.4 Å². The third-order valence-corrected chi connectivity index (χ3v) is 6.28. The van der Waals surface area contributed by atoms with E-state index in [2.05, 4.69) is 9.93 Å². The first kappa shape index (κ1) is 21.9. The number of hydrogen-bond donors (Lipinski definition) is 1. The Morgan fingerprint density at radius 2 is 1.67 bits per heavy atom. The van der Waals surface area contributed by atoms with E-state index >= 15 is 0 Å². The molecule has 30 heavy (non-hydrogen) atoms. The van der Waals surface area contributed by atoms with E-state index in [0.717, 1.165) is 11.1 Å². The molecule has 1 N–H and O–H groups in total. The van der Waals surface area contributed by atoms with Crippen LogP contribution in [0.4, 0.5) is 0 Å². The van der Waals surface area contributed by atoms with Crippen LogP contribution in [0.25, 0.3) is 0 Å². The first-order valence-corrected chi connectivity index (χ1v) is 11.2. The predicted octanol–water partition coefficient (Wildman–Crippen LogP) is 5.16. The number of aryl methyl sites for hydroxylation is 3. The predicted molar refractivity (Wildman–Crippen MR) is 121 cm³/mol. The average molecular weight is 443 g/mol. The number of hydrazone groups is 1. The normalized spacial score (nSPS) is 11.6. The van der Waals surface area contributed by atoms with Gasteiger partial charge in [0.05, 0.1) is 16.1 Å². The van der Waals surface area contributed by atoms with Gasteiger partial charge in [-0.1, -0.05) is 59.6 Å². The zero-order valence-corrected chi connectivity index (χ0v) is 18.6.